The first kappa shape index (κ1) is 13.1. The van der Waals surface area contributed by atoms with Gasteiger partial charge in [0.1, 0.15) is 0 Å². The van der Waals surface area contributed by atoms with Gasteiger partial charge < -0.3 is 14.9 Å². The maximum Gasteiger partial charge on any atom is 0.335 e. The van der Waals surface area contributed by atoms with Crippen molar-refractivity contribution in [3.8, 4) is 0 Å². The Kier molecular flexibility index (Phi) is 3.50. The summed E-state index contributed by atoms with van der Waals surface area (Å²) in [4.78, 5) is 36.9. The maximum atomic E-state index is 11.8. The predicted octanol–water partition coefficient (Wildman–Crippen LogP) is 0.185. The highest BCUT2D eigenvalue weighted by Crippen LogP contribution is 2.11. The third-order valence-corrected chi connectivity index (χ3v) is 3.10. The van der Waals surface area contributed by atoms with Crippen molar-refractivity contribution in [3.63, 3.8) is 0 Å². The molecule has 2 rings (SSSR count). The van der Waals surface area contributed by atoms with Gasteiger partial charge in [0.05, 0.1) is 5.56 Å². The molecule has 2 amide bonds. The van der Waals surface area contributed by atoms with Crippen LogP contribution in [0, 0.1) is 0 Å². The van der Waals surface area contributed by atoms with Gasteiger partial charge in [0, 0.05) is 26.7 Å². The Bertz CT molecular complexity index is 524. The zero-order valence-electron chi connectivity index (χ0n) is 10.5. The molecule has 19 heavy (non-hydrogen) atoms. The first-order chi connectivity index (χ1) is 8.99. The third-order valence-electron chi connectivity index (χ3n) is 3.10. The molecule has 1 fully saturated rings. The van der Waals surface area contributed by atoms with Gasteiger partial charge >= 0.3 is 17.8 Å². The molecule has 0 saturated carbocycles. The number of carbonyl (C=O) groups excluding carboxylic acids is 2. The number of likely N-dealkylation sites (N-methyl/N-ethyl adjacent to an activating group) is 1. The fraction of sp³-hybridized carbons (Fsp3) is 0.308. The summed E-state index contributed by atoms with van der Waals surface area (Å²) in [7, 11) is 1.60. The largest absolute Gasteiger partial charge is 0.478 e. The van der Waals surface area contributed by atoms with E-state index in [1.54, 1.807) is 19.2 Å². The van der Waals surface area contributed by atoms with E-state index >= 15 is 0 Å². The van der Waals surface area contributed by atoms with Gasteiger partial charge in [-0.1, -0.05) is 12.1 Å². The van der Waals surface area contributed by atoms with Crippen LogP contribution in [-0.4, -0.2) is 52.8 Å². The number of carboxylic acid groups (broad SMARTS) is 1. The molecule has 1 heterocycles. The van der Waals surface area contributed by atoms with E-state index in [2.05, 4.69) is 0 Å². The van der Waals surface area contributed by atoms with Crippen LogP contribution >= 0.6 is 0 Å². The van der Waals surface area contributed by atoms with E-state index in [0.717, 1.165) is 5.56 Å². The quantitative estimate of drug-likeness (QED) is 0.788. The summed E-state index contributed by atoms with van der Waals surface area (Å²) in [5, 5.41) is 8.79. The molecule has 0 spiro atoms. The van der Waals surface area contributed by atoms with Gasteiger partial charge in [0.15, 0.2) is 0 Å². The lowest BCUT2D eigenvalue weighted by atomic mass is 10.1. The lowest BCUT2D eigenvalue weighted by Gasteiger charge is -2.31. The molecule has 1 aromatic rings. The summed E-state index contributed by atoms with van der Waals surface area (Å²) >= 11 is 0. The van der Waals surface area contributed by atoms with Crippen molar-refractivity contribution in [2.24, 2.45) is 0 Å². The third kappa shape index (κ3) is 2.73. The summed E-state index contributed by atoms with van der Waals surface area (Å²) in [6.07, 6.45) is 0. The van der Waals surface area contributed by atoms with Gasteiger partial charge in [-0.05, 0) is 17.7 Å². The van der Waals surface area contributed by atoms with Crippen molar-refractivity contribution in [3.05, 3.63) is 35.4 Å². The second kappa shape index (κ2) is 5.09. The molecule has 6 nitrogen and oxygen atoms in total. The maximum absolute atomic E-state index is 11.8. The van der Waals surface area contributed by atoms with Crippen LogP contribution in [0.5, 0.6) is 0 Å². The first-order valence-corrected chi connectivity index (χ1v) is 5.85. The van der Waals surface area contributed by atoms with E-state index in [0.29, 0.717) is 19.6 Å². The minimum atomic E-state index is -0.989. The number of aromatic carboxylic acids is 1. The Balaban J connectivity index is 2.07. The molecule has 0 radical (unpaired) electrons. The Morgan fingerprint density at radius 1 is 1.16 bits per heavy atom. The van der Waals surface area contributed by atoms with Crippen molar-refractivity contribution in [1.82, 2.24) is 9.80 Å². The highest BCUT2D eigenvalue weighted by atomic mass is 16.4. The summed E-state index contributed by atoms with van der Waals surface area (Å²) in [6, 6.07) is 6.28. The number of amides is 2. The number of hydrogen-bond donors (Lipinski definition) is 1. The van der Waals surface area contributed by atoms with E-state index in [1.807, 2.05) is 0 Å². The fourth-order valence-corrected chi connectivity index (χ4v) is 1.90. The zero-order valence-corrected chi connectivity index (χ0v) is 10.5. The highest BCUT2D eigenvalue weighted by Gasteiger charge is 2.29. The number of nitrogens with zero attached hydrogens (tertiary/aromatic N) is 2. The van der Waals surface area contributed by atoms with Gasteiger partial charge in [-0.15, -0.1) is 0 Å². The van der Waals surface area contributed by atoms with Crippen LogP contribution in [0.15, 0.2) is 24.3 Å². The average Bonchev–Trinajstić information content (AvgIpc) is 2.40. The molecule has 0 bridgehead atoms. The van der Waals surface area contributed by atoms with Crippen molar-refractivity contribution in [1.29, 1.82) is 0 Å². The van der Waals surface area contributed by atoms with Crippen LogP contribution in [-0.2, 0) is 16.1 Å². The molecular formula is C13H14N2O4. The molecule has 6 heteroatoms. The zero-order chi connectivity index (χ0) is 14.0. The molecule has 1 saturated heterocycles. The molecule has 0 aliphatic carbocycles. The van der Waals surface area contributed by atoms with Crippen LogP contribution in [0.25, 0.3) is 0 Å². The van der Waals surface area contributed by atoms with Crippen LogP contribution in [0.3, 0.4) is 0 Å². The second-order valence-electron chi connectivity index (χ2n) is 4.46. The molecule has 1 N–H and O–H groups in total. The molecular weight excluding hydrogens is 248 g/mol. The van der Waals surface area contributed by atoms with E-state index in [4.69, 9.17) is 5.11 Å². The van der Waals surface area contributed by atoms with Gasteiger partial charge in [0.25, 0.3) is 0 Å². The molecule has 1 aromatic carbocycles. The van der Waals surface area contributed by atoms with E-state index < -0.39 is 17.8 Å². The van der Waals surface area contributed by atoms with Crippen molar-refractivity contribution in [2.45, 2.75) is 6.54 Å². The molecule has 0 aromatic heterocycles. The predicted molar refractivity (Wildman–Crippen MR) is 66.5 cm³/mol. The van der Waals surface area contributed by atoms with Gasteiger partial charge in [-0.2, -0.15) is 0 Å². The van der Waals surface area contributed by atoms with Crippen LogP contribution < -0.4 is 0 Å². The van der Waals surface area contributed by atoms with Gasteiger partial charge in [-0.25, -0.2) is 4.79 Å². The van der Waals surface area contributed by atoms with Crippen LogP contribution in [0.4, 0.5) is 0 Å². The fourth-order valence-electron chi connectivity index (χ4n) is 1.90. The monoisotopic (exact) mass is 262 g/mol. The average molecular weight is 262 g/mol. The van der Waals surface area contributed by atoms with Crippen LogP contribution in [0.2, 0.25) is 0 Å². The van der Waals surface area contributed by atoms with E-state index in [9.17, 15) is 14.4 Å². The smallest absolute Gasteiger partial charge is 0.335 e. The Hall–Kier alpha value is -2.37. The summed E-state index contributed by atoms with van der Waals surface area (Å²) in [5.41, 5.74) is 1.00. The van der Waals surface area contributed by atoms with E-state index in [-0.39, 0.29) is 5.56 Å². The second-order valence-corrected chi connectivity index (χ2v) is 4.46. The Morgan fingerprint density at radius 2 is 1.79 bits per heavy atom. The molecule has 1 aliphatic rings. The van der Waals surface area contributed by atoms with Crippen molar-refractivity contribution in [2.75, 3.05) is 20.1 Å². The van der Waals surface area contributed by atoms with Gasteiger partial charge in [-0.3, -0.25) is 9.59 Å². The van der Waals surface area contributed by atoms with Crippen LogP contribution in [0.1, 0.15) is 15.9 Å². The molecule has 0 unspecified atom stereocenters. The lowest BCUT2D eigenvalue weighted by Crippen LogP contribution is -2.52. The number of benzene rings is 1. The Morgan fingerprint density at radius 3 is 2.37 bits per heavy atom. The lowest BCUT2D eigenvalue weighted by molar-refractivity contribution is -0.155. The molecule has 0 atom stereocenters. The molecule has 1 aliphatic heterocycles. The number of piperazine rings is 1. The number of carbonyl (C=O) groups is 3. The minimum Gasteiger partial charge on any atom is -0.478 e. The minimum absolute atomic E-state index is 0.199. The highest BCUT2D eigenvalue weighted by molar-refractivity contribution is 6.35. The Labute approximate surface area is 110 Å². The topological polar surface area (TPSA) is 77.9 Å². The number of rotatable bonds is 3. The molecule has 100 valence electrons. The van der Waals surface area contributed by atoms with Crippen molar-refractivity contribution >= 4 is 17.8 Å². The van der Waals surface area contributed by atoms with Gasteiger partial charge in [0.2, 0.25) is 0 Å². The standard InChI is InChI=1S/C13H14N2O4/c1-14-6-7-15(12(17)11(14)16)8-9-2-4-10(5-3-9)13(18)19/h2-5H,6-8H2,1H3,(H,18,19). The SMILES string of the molecule is CN1CCN(Cc2ccc(C(=O)O)cc2)C(=O)C1=O. The van der Waals surface area contributed by atoms with Crippen molar-refractivity contribution < 1.29 is 19.5 Å². The summed E-state index contributed by atoms with van der Waals surface area (Å²) in [5.74, 6) is -2.01. The first-order valence-electron chi connectivity index (χ1n) is 5.85. The van der Waals surface area contributed by atoms with E-state index in [1.165, 1.54) is 21.9 Å². The number of hydrogen-bond acceptors (Lipinski definition) is 3. The normalized spacial score (nSPS) is 15.8. The number of carboxylic acids is 1. The summed E-state index contributed by atoms with van der Waals surface area (Å²) < 4.78 is 0. The summed E-state index contributed by atoms with van der Waals surface area (Å²) in [6.45, 7) is 1.32.